The molecule has 2 atom stereocenters. The summed E-state index contributed by atoms with van der Waals surface area (Å²) in [5.41, 5.74) is 3.82. The number of nitrogens with one attached hydrogen (secondary N) is 1. The molecule has 1 aliphatic heterocycles. The van der Waals surface area contributed by atoms with Crippen molar-refractivity contribution in [3.63, 3.8) is 0 Å². The molecule has 1 N–H and O–H groups in total. The van der Waals surface area contributed by atoms with Crippen LogP contribution < -0.4 is 5.32 Å². The van der Waals surface area contributed by atoms with Crippen LogP contribution >= 0.6 is 0 Å². The van der Waals surface area contributed by atoms with E-state index in [9.17, 15) is 9.59 Å². The first kappa shape index (κ1) is 27.9. The average Bonchev–Trinajstić information content (AvgIpc) is 2.94. The molecule has 4 rings (SSSR count). The van der Waals surface area contributed by atoms with E-state index in [4.69, 9.17) is 4.74 Å². The number of morpholine rings is 1. The van der Waals surface area contributed by atoms with Crippen LogP contribution in [0.5, 0.6) is 0 Å². The predicted molar refractivity (Wildman–Crippen MR) is 153 cm³/mol. The lowest BCUT2D eigenvalue weighted by Gasteiger charge is -2.44. The van der Waals surface area contributed by atoms with E-state index in [1.54, 1.807) is 0 Å². The van der Waals surface area contributed by atoms with Gasteiger partial charge in [0.2, 0.25) is 0 Å². The molecule has 2 aliphatic rings. The Morgan fingerprint density at radius 3 is 2.50 bits per heavy atom. The van der Waals surface area contributed by atoms with Gasteiger partial charge in [0, 0.05) is 25.2 Å². The highest BCUT2D eigenvalue weighted by atomic mass is 16.5. The van der Waals surface area contributed by atoms with E-state index >= 15 is 0 Å². The molecule has 6 nitrogen and oxygen atoms in total. The van der Waals surface area contributed by atoms with E-state index in [-0.39, 0.29) is 24.0 Å². The number of ether oxygens (including phenoxy) is 1. The zero-order chi connectivity index (χ0) is 26.9. The third-order valence-electron chi connectivity index (χ3n) is 7.75. The number of carbonyl (C=O) groups is 2. The number of likely N-dealkylation sites (N-methyl/N-ethyl adjacent to an activating group) is 1. The quantitative estimate of drug-likeness (QED) is 0.397. The molecule has 1 saturated heterocycles. The van der Waals surface area contributed by atoms with Crippen molar-refractivity contribution >= 4 is 17.9 Å². The predicted octanol–water partition coefficient (Wildman–Crippen LogP) is 5.56. The minimum absolute atomic E-state index is 0.0308. The molecule has 1 aliphatic carbocycles. The summed E-state index contributed by atoms with van der Waals surface area (Å²) in [5, 5.41) is 3.03. The molecule has 38 heavy (non-hydrogen) atoms. The van der Waals surface area contributed by atoms with Crippen molar-refractivity contribution in [2.75, 3.05) is 26.2 Å². The minimum Gasteiger partial charge on any atom is -0.482 e. The van der Waals surface area contributed by atoms with Gasteiger partial charge < -0.3 is 19.9 Å². The Kier molecular flexibility index (Phi) is 9.99. The standard InChI is InChI=1S/C32H43N3O3/c1-4-6-20-34(5-2)21-19-33-31(36)27-17-15-25(16-18-27)22-30-32(37)35(23-26-13-11-24(3)12-14-26)28-9-7-8-10-29(28)38-30/h11-18,22,28-29H,4-10,19-21,23H2,1-3H3,(H,33,36)/b30-22+. The first-order chi connectivity index (χ1) is 18.5. The van der Waals surface area contributed by atoms with Crippen molar-refractivity contribution in [1.29, 1.82) is 0 Å². The number of unbranched alkanes of at least 4 members (excludes halogenated alkanes) is 1. The number of aryl methyl sites for hydroxylation is 1. The number of hydrogen-bond acceptors (Lipinski definition) is 4. The normalized spacial score (nSPS) is 20.4. The molecule has 1 heterocycles. The van der Waals surface area contributed by atoms with E-state index in [1.807, 2.05) is 35.2 Å². The summed E-state index contributed by atoms with van der Waals surface area (Å²) in [6, 6.07) is 15.9. The SMILES string of the molecule is CCCCN(CC)CCNC(=O)c1ccc(/C=C2/OC3CCCCC3N(Cc3ccc(C)cc3)C2=O)cc1. The van der Waals surface area contributed by atoms with Gasteiger partial charge in [0.15, 0.2) is 5.76 Å². The molecule has 0 radical (unpaired) electrons. The van der Waals surface area contributed by atoms with Gasteiger partial charge in [0.1, 0.15) is 6.10 Å². The molecule has 204 valence electrons. The van der Waals surface area contributed by atoms with Crippen molar-refractivity contribution in [3.8, 4) is 0 Å². The van der Waals surface area contributed by atoms with Crippen molar-refractivity contribution < 1.29 is 14.3 Å². The average molecular weight is 518 g/mol. The molecular formula is C32H43N3O3. The smallest absolute Gasteiger partial charge is 0.289 e. The molecule has 6 heteroatoms. The molecule has 0 spiro atoms. The summed E-state index contributed by atoms with van der Waals surface area (Å²) in [5.74, 6) is 0.262. The minimum atomic E-state index is -0.0740. The van der Waals surface area contributed by atoms with Gasteiger partial charge >= 0.3 is 0 Å². The zero-order valence-corrected chi connectivity index (χ0v) is 23.2. The first-order valence-corrected chi connectivity index (χ1v) is 14.3. The monoisotopic (exact) mass is 517 g/mol. The Bertz CT molecular complexity index is 1090. The van der Waals surface area contributed by atoms with Crippen LogP contribution in [0.1, 0.15) is 79.4 Å². The molecule has 0 aromatic heterocycles. The summed E-state index contributed by atoms with van der Waals surface area (Å²) in [4.78, 5) is 30.6. The fourth-order valence-electron chi connectivity index (χ4n) is 5.37. The van der Waals surface area contributed by atoms with Crippen molar-refractivity contribution in [2.24, 2.45) is 0 Å². The Labute approximate surface area is 228 Å². The van der Waals surface area contributed by atoms with E-state index < -0.39 is 0 Å². The number of nitrogens with zero attached hydrogens (tertiary/aromatic N) is 2. The second kappa shape index (κ2) is 13.6. The fourth-order valence-corrected chi connectivity index (χ4v) is 5.37. The van der Waals surface area contributed by atoms with Gasteiger partial charge in [-0.05, 0) is 75.0 Å². The van der Waals surface area contributed by atoms with Crippen LogP contribution in [0.3, 0.4) is 0 Å². The Hall–Kier alpha value is -3.12. The summed E-state index contributed by atoms with van der Waals surface area (Å²) in [6.07, 6.45) is 8.40. The maximum Gasteiger partial charge on any atom is 0.289 e. The van der Waals surface area contributed by atoms with Crippen molar-refractivity contribution in [2.45, 2.75) is 78.0 Å². The summed E-state index contributed by atoms with van der Waals surface area (Å²) in [6.45, 7) is 10.6. The van der Waals surface area contributed by atoms with Crippen LogP contribution in [0.2, 0.25) is 0 Å². The highest BCUT2D eigenvalue weighted by Gasteiger charge is 2.41. The number of rotatable bonds is 11. The lowest BCUT2D eigenvalue weighted by Crippen LogP contribution is -2.54. The van der Waals surface area contributed by atoms with Crippen LogP contribution in [0.25, 0.3) is 6.08 Å². The second-order valence-electron chi connectivity index (χ2n) is 10.6. The van der Waals surface area contributed by atoms with Gasteiger partial charge in [0.05, 0.1) is 6.04 Å². The largest absolute Gasteiger partial charge is 0.482 e. The van der Waals surface area contributed by atoms with E-state index in [0.717, 1.165) is 56.4 Å². The first-order valence-electron chi connectivity index (χ1n) is 14.3. The molecule has 1 saturated carbocycles. The molecule has 2 unspecified atom stereocenters. The zero-order valence-electron chi connectivity index (χ0n) is 23.2. The van der Waals surface area contributed by atoms with Crippen LogP contribution in [0, 0.1) is 6.92 Å². The third-order valence-corrected chi connectivity index (χ3v) is 7.75. The summed E-state index contributed by atoms with van der Waals surface area (Å²) < 4.78 is 6.27. The van der Waals surface area contributed by atoms with Crippen molar-refractivity contribution in [3.05, 3.63) is 76.5 Å². The van der Waals surface area contributed by atoms with Gasteiger partial charge in [-0.3, -0.25) is 9.59 Å². The Morgan fingerprint density at radius 1 is 1.05 bits per heavy atom. The highest BCUT2D eigenvalue weighted by molar-refractivity contribution is 5.97. The fraction of sp³-hybridized carbons (Fsp3) is 0.500. The number of fused-ring (bicyclic) bond motifs is 1. The Balaban J connectivity index is 1.41. The lowest BCUT2D eigenvalue weighted by molar-refractivity contribution is -0.149. The lowest BCUT2D eigenvalue weighted by atomic mass is 9.89. The highest BCUT2D eigenvalue weighted by Crippen LogP contribution is 2.34. The maximum atomic E-state index is 13.6. The third kappa shape index (κ3) is 7.25. The molecule has 0 bridgehead atoms. The van der Waals surface area contributed by atoms with Gasteiger partial charge in [-0.1, -0.05) is 68.7 Å². The van der Waals surface area contributed by atoms with E-state index in [2.05, 4.69) is 55.3 Å². The maximum absolute atomic E-state index is 13.6. The van der Waals surface area contributed by atoms with Crippen molar-refractivity contribution in [1.82, 2.24) is 15.1 Å². The number of amides is 2. The van der Waals surface area contributed by atoms with Gasteiger partial charge in [-0.2, -0.15) is 0 Å². The topological polar surface area (TPSA) is 61.9 Å². The molecular weight excluding hydrogens is 474 g/mol. The number of hydrogen-bond donors (Lipinski definition) is 1. The van der Waals surface area contributed by atoms with Crippen LogP contribution in [-0.2, 0) is 16.1 Å². The van der Waals surface area contributed by atoms with Crippen LogP contribution in [0.15, 0.2) is 54.3 Å². The van der Waals surface area contributed by atoms with Gasteiger partial charge in [0.25, 0.3) is 11.8 Å². The summed E-state index contributed by atoms with van der Waals surface area (Å²) in [7, 11) is 0. The molecule has 2 aromatic carbocycles. The van der Waals surface area contributed by atoms with Gasteiger partial charge in [-0.25, -0.2) is 0 Å². The number of carbonyl (C=O) groups excluding carboxylic acids is 2. The number of benzene rings is 2. The van der Waals surface area contributed by atoms with Crippen LogP contribution in [-0.4, -0.2) is 59.9 Å². The summed E-state index contributed by atoms with van der Waals surface area (Å²) >= 11 is 0. The van der Waals surface area contributed by atoms with Gasteiger partial charge in [-0.15, -0.1) is 0 Å². The molecule has 2 amide bonds. The Morgan fingerprint density at radius 2 is 1.79 bits per heavy atom. The van der Waals surface area contributed by atoms with Crippen LogP contribution in [0.4, 0.5) is 0 Å². The van der Waals surface area contributed by atoms with E-state index in [1.165, 1.54) is 18.4 Å². The van der Waals surface area contributed by atoms with E-state index in [0.29, 0.717) is 24.4 Å². The molecule has 2 aromatic rings. The molecule has 2 fully saturated rings. The second-order valence-corrected chi connectivity index (χ2v) is 10.6.